The highest BCUT2D eigenvalue weighted by Gasteiger charge is 2.22. The van der Waals surface area contributed by atoms with Crippen LogP contribution in [0.4, 0.5) is 5.69 Å². The van der Waals surface area contributed by atoms with Gasteiger partial charge in [-0.15, -0.1) is 0 Å². The number of carbonyl (C=O) groups excluding carboxylic acids is 1. The second-order valence-electron chi connectivity index (χ2n) is 7.45. The molecule has 0 spiro atoms. The van der Waals surface area contributed by atoms with Gasteiger partial charge in [-0.05, 0) is 42.9 Å². The van der Waals surface area contributed by atoms with Crippen LogP contribution in [0.3, 0.4) is 0 Å². The summed E-state index contributed by atoms with van der Waals surface area (Å²) in [6, 6.07) is 5.28. The van der Waals surface area contributed by atoms with Crippen molar-refractivity contribution in [3.63, 3.8) is 0 Å². The van der Waals surface area contributed by atoms with E-state index in [1.165, 1.54) is 10.6 Å². The van der Waals surface area contributed by atoms with Crippen LogP contribution in [0, 0.1) is 18.8 Å². The van der Waals surface area contributed by atoms with Crippen LogP contribution < -0.4 is 9.62 Å². The quantitative estimate of drug-likeness (QED) is 0.679. The Labute approximate surface area is 163 Å². The van der Waals surface area contributed by atoms with Crippen LogP contribution in [0.25, 0.3) is 0 Å². The van der Waals surface area contributed by atoms with Crippen molar-refractivity contribution in [3.05, 3.63) is 28.8 Å². The minimum Gasteiger partial charge on any atom is -0.353 e. The molecule has 0 aliphatic heterocycles. The maximum absolute atomic E-state index is 12.3. The van der Waals surface area contributed by atoms with Gasteiger partial charge >= 0.3 is 0 Å². The van der Waals surface area contributed by atoms with Crippen LogP contribution in [0.15, 0.2) is 18.2 Å². The van der Waals surface area contributed by atoms with Crippen LogP contribution in [0.2, 0.25) is 5.02 Å². The molecule has 0 radical (unpaired) electrons. The second-order valence-corrected chi connectivity index (χ2v) is 9.79. The number of halogens is 1. The van der Waals surface area contributed by atoms with Crippen LogP contribution in [0.1, 0.15) is 46.1 Å². The standard InChI is InChI=1S/C19H31ClN2O3S/c1-13(2)19(14(3)4)21-18(23)8-7-11-22(26(6,24)25)17-12-16(20)10-9-15(17)5/h9-10,12-14,19H,7-8,11H2,1-6H3,(H,21,23). The lowest BCUT2D eigenvalue weighted by Gasteiger charge is -2.27. The van der Waals surface area contributed by atoms with E-state index >= 15 is 0 Å². The summed E-state index contributed by atoms with van der Waals surface area (Å²) in [7, 11) is -3.46. The largest absolute Gasteiger partial charge is 0.353 e. The summed E-state index contributed by atoms with van der Waals surface area (Å²) in [5.74, 6) is 0.648. The highest BCUT2D eigenvalue weighted by Crippen LogP contribution is 2.26. The molecule has 0 saturated heterocycles. The zero-order valence-electron chi connectivity index (χ0n) is 16.5. The molecular formula is C19H31ClN2O3S. The third kappa shape index (κ3) is 6.80. The number of sulfonamides is 1. The van der Waals surface area contributed by atoms with E-state index in [1.54, 1.807) is 18.2 Å². The molecular weight excluding hydrogens is 372 g/mol. The summed E-state index contributed by atoms with van der Waals surface area (Å²) >= 11 is 6.03. The van der Waals surface area contributed by atoms with Crippen molar-refractivity contribution >= 4 is 33.2 Å². The summed E-state index contributed by atoms with van der Waals surface area (Å²) in [6.07, 6.45) is 1.89. The summed E-state index contributed by atoms with van der Waals surface area (Å²) in [5, 5.41) is 3.54. The number of carbonyl (C=O) groups is 1. The predicted octanol–water partition coefficient (Wildman–Crippen LogP) is 3.99. The normalized spacial score (nSPS) is 12.1. The fraction of sp³-hybridized carbons (Fsp3) is 0.632. The Morgan fingerprint density at radius 3 is 2.27 bits per heavy atom. The molecule has 0 unspecified atom stereocenters. The lowest BCUT2D eigenvalue weighted by Crippen LogP contribution is -2.42. The number of hydrogen-bond donors (Lipinski definition) is 1. The number of anilines is 1. The molecule has 0 aromatic heterocycles. The molecule has 1 aromatic rings. The van der Waals surface area contributed by atoms with Crippen molar-refractivity contribution in [1.82, 2.24) is 5.32 Å². The predicted molar refractivity (Wildman–Crippen MR) is 109 cm³/mol. The van der Waals surface area contributed by atoms with Crippen LogP contribution in [-0.2, 0) is 14.8 Å². The lowest BCUT2D eigenvalue weighted by molar-refractivity contribution is -0.122. The molecule has 0 fully saturated rings. The molecule has 0 aliphatic carbocycles. The Bertz CT molecular complexity index is 709. The number of rotatable bonds is 9. The highest BCUT2D eigenvalue weighted by molar-refractivity contribution is 7.92. The molecule has 0 heterocycles. The van der Waals surface area contributed by atoms with E-state index in [4.69, 9.17) is 11.6 Å². The van der Waals surface area contributed by atoms with E-state index in [1.807, 2.05) is 6.92 Å². The van der Waals surface area contributed by atoms with Crippen LogP contribution >= 0.6 is 11.6 Å². The Morgan fingerprint density at radius 1 is 1.19 bits per heavy atom. The number of amides is 1. The molecule has 1 rings (SSSR count). The monoisotopic (exact) mass is 402 g/mol. The van der Waals surface area contributed by atoms with E-state index in [2.05, 4.69) is 33.0 Å². The fourth-order valence-corrected chi connectivity index (χ4v) is 4.24. The van der Waals surface area contributed by atoms with Gasteiger partial charge in [0.1, 0.15) is 0 Å². The Morgan fingerprint density at radius 2 is 1.77 bits per heavy atom. The van der Waals surface area contributed by atoms with Crippen molar-refractivity contribution < 1.29 is 13.2 Å². The molecule has 0 atom stereocenters. The first kappa shape index (κ1) is 22.8. The van der Waals surface area contributed by atoms with Gasteiger partial charge in [0.25, 0.3) is 0 Å². The average Bonchev–Trinajstić information content (AvgIpc) is 2.50. The highest BCUT2D eigenvalue weighted by atomic mass is 35.5. The molecule has 26 heavy (non-hydrogen) atoms. The Hall–Kier alpha value is -1.27. The smallest absolute Gasteiger partial charge is 0.232 e. The third-order valence-electron chi connectivity index (χ3n) is 4.37. The van der Waals surface area contributed by atoms with Crippen molar-refractivity contribution in [3.8, 4) is 0 Å². The first-order valence-electron chi connectivity index (χ1n) is 8.96. The minimum absolute atomic E-state index is 0.0475. The van der Waals surface area contributed by atoms with Crippen molar-refractivity contribution in [2.45, 2.75) is 53.5 Å². The molecule has 7 heteroatoms. The second kappa shape index (κ2) is 9.60. The number of aryl methyl sites for hydroxylation is 1. The zero-order chi connectivity index (χ0) is 20.1. The van der Waals surface area contributed by atoms with E-state index in [0.29, 0.717) is 29.0 Å². The Balaban J connectivity index is 2.78. The van der Waals surface area contributed by atoms with Gasteiger partial charge in [0, 0.05) is 24.0 Å². The molecule has 148 valence electrons. The van der Waals surface area contributed by atoms with Crippen LogP contribution in [-0.4, -0.2) is 33.2 Å². The van der Waals surface area contributed by atoms with Crippen molar-refractivity contribution in [2.75, 3.05) is 17.1 Å². The lowest BCUT2D eigenvalue weighted by atomic mass is 9.93. The van der Waals surface area contributed by atoms with Gasteiger partial charge in [0.05, 0.1) is 11.9 Å². The molecule has 1 N–H and O–H groups in total. The maximum Gasteiger partial charge on any atom is 0.232 e. The molecule has 0 aliphatic rings. The topological polar surface area (TPSA) is 66.5 Å². The van der Waals surface area contributed by atoms with Gasteiger partial charge in [-0.25, -0.2) is 8.42 Å². The first-order chi connectivity index (χ1) is 11.9. The van der Waals surface area contributed by atoms with Crippen molar-refractivity contribution in [1.29, 1.82) is 0 Å². The number of nitrogens with one attached hydrogen (secondary N) is 1. The van der Waals surface area contributed by atoms with Gasteiger partial charge in [-0.3, -0.25) is 9.10 Å². The maximum atomic E-state index is 12.3. The summed E-state index contributed by atoms with van der Waals surface area (Å²) in [4.78, 5) is 12.3. The van der Waals surface area contributed by atoms with Crippen LogP contribution in [0.5, 0.6) is 0 Å². The van der Waals surface area contributed by atoms with Gasteiger partial charge in [0.15, 0.2) is 0 Å². The van der Waals surface area contributed by atoms with Gasteiger partial charge in [-0.1, -0.05) is 45.4 Å². The van der Waals surface area contributed by atoms with Gasteiger partial charge in [0.2, 0.25) is 15.9 Å². The van der Waals surface area contributed by atoms with Gasteiger partial charge in [-0.2, -0.15) is 0 Å². The summed E-state index contributed by atoms with van der Waals surface area (Å²) in [6.45, 7) is 10.4. The van der Waals surface area contributed by atoms with E-state index < -0.39 is 10.0 Å². The molecule has 0 saturated carbocycles. The molecule has 5 nitrogen and oxygen atoms in total. The van der Waals surface area contributed by atoms with E-state index in [-0.39, 0.29) is 24.9 Å². The Kier molecular flexibility index (Phi) is 8.41. The number of hydrogen-bond acceptors (Lipinski definition) is 3. The minimum atomic E-state index is -3.46. The molecule has 1 aromatic carbocycles. The number of nitrogens with zero attached hydrogens (tertiary/aromatic N) is 1. The molecule has 1 amide bonds. The number of benzene rings is 1. The zero-order valence-corrected chi connectivity index (χ0v) is 18.1. The van der Waals surface area contributed by atoms with Crippen molar-refractivity contribution in [2.24, 2.45) is 11.8 Å². The first-order valence-corrected chi connectivity index (χ1v) is 11.2. The van der Waals surface area contributed by atoms with Gasteiger partial charge < -0.3 is 5.32 Å². The third-order valence-corrected chi connectivity index (χ3v) is 5.78. The van der Waals surface area contributed by atoms with E-state index in [9.17, 15) is 13.2 Å². The fourth-order valence-electron chi connectivity index (χ4n) is 3.06. The summed E-state index contributed by atoms with van der Waals surface area (Å²) < 4.78 is 25.7. The summed E-state index contributed by atoms with van der Waals surface area (Å²) in [5.41, 5.74) is 1.38. The van der Waals surface area contributed by atoms with E-state index in [0.717, 1.165) is 5.56 Å². The molecule has 0 bridgehead atoms. The average molecular weight is 403 g/mol. The SMILES string of the molecule is Cc1ccc(Cl)cc1N(CCCC(=O)NC(C(C)C)C(C)C)S(C)(=O)=O.